The van der Waals surface area contributed by atoms with Gasteiger partial charge < -0.3 is 4.42 Å². The molecular formula is C10H6BrFO2. The number of carbonyl (C=O) groups excluding carboxylic acids is 1. The Morgan fingerprint density at radius 2 is 2.21 bits per heavy atom. The Morgan fingerprint density at radius 1 is 1.43 bits per heavy atom. The summed E-state index contributed by atoms with van der Waals surface area (Å²) in [5, 5.41) is 0.869. The Balaban J connectivity index is 2.55. The number of Topliss-reactive ketones (excluding diaryl/α,β-unsaturated/α-hetero) is 1. The Hall–Kier alpha value is -1.16. The van der Waals surface area contributed by atoms with Crippen LogP contribution in [0, 0.1) is 6.01 Å². The molecule has 0 aliphatic heterocycles. The van der Waals surface area contributed by atoms with Gasteiger partial charge >= 0.3 is 0 Å². The van der Waals surface area contributed by atoms with Crippen molar-refractivity contribution in [2.24, 2.45) is 0 Å². The van der Waals surface area contributed by atoms with E-state index in [0.717, 1.165) is 0 Å². The summed E-state index contributed by atoms with van der Waals surface area (Å²) >= 11 is 3.07. The van der Waals surface area contributed by atoms with Gasteiger partial charge in [0, 0.05) is 17.0 Å². The summed E-state index contributed by atoms with van der Waals surface area (Å²) in [7, 11) is 0. The zero-order valence-electron chi connectivity index (χ0n) is 7.09. The highest BCUT2D eigenvalue weighted by atomic mass is 79.9. The maximum absolute atomic E-state index is 12.7. The van der Waals surface area contributed by atoms with Crippen LogP contribution in [0.25, 0.3) is 11.0 Å². The van der Waals surface area contributed by atoms with Gasteiger partial charge in [0.25, 0.3) is 6.01 Å². The molecule has 0 aliphatic rings. The molecule has 2 rings (SSSR count). The average Bonchev–Trinajstić information content (AvgIpc) is 2.55. The zero-order valence-corrected chi connectivity index (χ0v) is 8.67. The van der Waals surface area contributed by atoms with E-state index in [2.05, 4.69) is 15.9 Å². The number of fused-ring (bicyclic) bond motifs is 1. The third-order valence-corrected chi connectivity index (χ3v) is 2.44. The largest absolute Gasteiger partial charge is 0.431 e. The highest BCUT2D eigenvalue weighted by molar-refractivity contribution is 9.09. The maximum atomic E-state index is 12.7. The van der Waals surface area contributed by atoms with Crippen molar-refractivity contribution in [3.8, 4) is 0 Å². The molecule has 0 atom stereocenters. The molecule has 1 heterocycles. The van der Waals surface area contributed by atoms with Crippen molar-refractivity contribution < 1.29 is 13.6 Å². The van der Waals surface area contributed by atoms with Crippen LogP contribution < -0.4 is 0 Å². The summed E-state index contributed by atoms with van der Waals surface area (Å²) < 4.78 is 17.4. The van der Waals surface area contributed by atoms with Crippen LogP contribution in [0.15, 0.2) is 28.7 Å². The smallest absolute Gasteiger partial charge is 0.278 e. The summed E-state index contributed by atoms with van der Waals surface area (Å²) in [5.74, 6) is -0.0338. The molecule has 0 saturated heterocycles. The molecule has 0 aliphatic carbocycles. The lowest BCUT2D eigenvalue weighted by Crippen LogP contribution is -1.98. The van der Waals surface area contributed by atoms with Crippen LogP contribution >= 0.6 is 15.9 Å². The van der Waals surface area contributed by atoms with Gasteiger partial charge in [-0.1, -0.05) is 15.9 Å². The van der Waals surface area contributed by atoms with Crippen LogP contribution in [0.3, 0.4) is 0 Å². The van der Waals surface area contributed by atoms with Crippen LogP contribution in [0.1, 0.15) is 10.4 Å². The molecule has 0 N–H and O–H groups in total. The first kappa shape index (κ1) is 9.40. The van der Waals surface area contributed by atoms with Crippen molar-refractivity contribution in [3.63, 3.8) is 0 Å². The number of halogens is 2. The third kappa shape index (κ3) is 1.57. The molecule has 0 spiro atoms. The molecular weight excluding hydrogens is 251 g/mol. The molecule has 4 heteroatoms. The van der Waals surface area contributed by atoms with Crippen LogP contribution in [-0.4, -0.2) is 11.1 Å². The van der Waals surface area contributed by atoms with Gasteiger partial charge in [0.2, 0.25) is 0 Å². The fraction of sp³-hybridized carbons (Fsp3) is 0.100. The van der Waals surface area contributed by atoms with Crippen LogP contribution in [0.5, 0.6) is 0 Å². The van der Waals surface area contributed by atoms with Crippen molar-refractivity contribution in [1.29, 1.82) is 0 Å². The van der Waals surface area contributed by atoms with Crippen LogP contribution in [0.2, 0.25) is 0 Å². The topological polar surface area (TPSA) is 30.2 Å². The molecule has 0 fully saturated rings. The molecule has 14 heavy (non-hydrogen) atoms. The van der Waals surface area contributed by atoms with Gasteiger partial charge in [-0.3, -0.25) is 4.79 Å². The first-order valence-corrected chi connectivity index (χ1v) is 5.11. The van der Waals surface area contributed by atoms with E-state index < -0.39 is 6.01 Å². The lowest BCUT2D eigenvalue weighted by Gasteiger charge is -1.95. The summed E-state index contributed by atoms with van der Waals surface area (Å²) in [6.45, 7) is 0. The lowest BCUT2D eigenvalue weighted by molar-refractivity contribution is 0.102. The van der Waals surface area contributed by atoms with E-state index in [9.17, 15) is 9.18 Å². The van der Waals surface area contributed by atoms with E-state index in [1.807, 2.05) is 0 Å². The quantitative estimate of drug-likeness (QED) is 0.611. The number of benzene rings is 1. The molecule has 0 saturated carbocycles. The van der Waals surface area contributed by atoms with Gasteiger partial charge in [0.15, 0.2) is 5.78 Å². The maximum Gasteiger partial charge on any atom is 0.278 e. The molecule has 0 radical (unpaired) electrons. The SMILES string of the molecule is O=C(CBr)c1ccc2oc(F)cc2c1. The Labute approximate surface area is 87.8 Å². The highest BCUT2D eigenvalue weighted by Crippen LogP contribution is 2.20. The van der Waals surface area contributed by atoms with Crippen LogP contribution in [0.4, 0.5) is 4.39 Å². The summed E-state index contributed by atoms with van der Waals surface area (Å²) in [6, 6.07) is 5.46. The summed E-state index contributed by atoms with van der Waals surface area (Å²) in [6.07, 6.45) is 0. The summed E-state index contributed by atoms with van der Waals surface area (Å²) in [5.41, 5.74) is 1.00. The Bertz CT molecular complexity index is 490. The monoisotopic (exact) mass is 256 g/mol. The lowest BCUT2D eigenvalue weighted by atomic mass is 10.1. The van der Waals surface area contributed by atoms with Crippen molar-refractivity contribution in [1.82, 2.24) is 0 Å². The number of hydrogen-bond donors (Lipinski definition) is 0. The Morgan fingerprint density at radius 3 is 2.93 bits per heavy atom. The van der Waals surface area contributed by atoms with Gasteiger partial charge in [-0.05, 0) is 18.2 Å². The minimum Gasteiger partial charge on any atom is -0.431 e. The minimum atomic E-state index is -0.636. The van der Waals surface area contributed by atoms with Crippen molar-refractivity contribution in [2.45, 2.75) is 0 Å². The second-order valence-corrected chi connectivity index (χ2v) is 3.42. The van der Waals surface area contributed by atoms with Crippen LogP contribution in [-0.2, 0) is 0 Å². The van der Waals surface area contributed by atoms with Crippen molar-refractivity contribution in [2.75, 3.05) is 5.33 Å². The number of ketones is 1. The van der Waals surface area contributed by atoms with Crippen molar-refractivity contribution in [3.05, 3.63) is 35.8 Å². The van der Waals surface area contributed by atoms with E-state index in [-0.39, 0.29) is 11.1 Å². The normalized spacial score (nSPS) is 10.7. The molecule has 0 amide bonds. The molecule has 1 aromatic carbocycles. The molecule has 2 nitrogen and oxygen atoms in total. The number of furan rings is 1. The molecule has 0 bridgehead atoms. The predicted octanol–water partition coefficient (Wildman–Crippen LogP) is 3.15. The van der Waals surface area contributed by atoms with Gasteiger partial charge in [-0.2, -0.15) is 4.39 Å². The standard InChI is InChI=1S/C10H6BrFO2/c11-5-8(13)6-1-2-9-7(3-6)4-10(12)14-9/h1-4H,5H2. The van der Waals surface area contributed by atoms with E-state index >= 15 is 0 Å². The van der Waals surface area contributed by atoms with E-state index in [4.69, 9.17) is 4.42 Å². The van der Waals surface area contributed by atoms with Gasteiger partial charge in [0.05, 0.1) is 5.33 Å². The minimum absolute atomic E-state index is 0.0338. The van der Waals surface area contributed by atoms with Gasteiger partial charge in [-0.25, -0.2) is 0 Å². The molecule has 2 aromatic rings. The number of carbonyl (C=O) groups is 1. The molecule has 72 valence electrons. The first-order valence-electron chi connectivity index (χ1n) is 3.99. The zero-order chi connectivity index (χ0) is 10.1. The Kier molecular flexibility index (Phi) is 2.37. The van der Waals surface area contributed by atoms with E-state index in [1.54, 1.807) is 18.2 Å². The second-order valence-electron chi connectivity index (χ2n) is 2.86. The van der Waals surface area contributed by atoms with Gasteiger partial charge in [0.1, 0.15) is 5.58 Å². The average molecular weight is 257 g/mol. The number of rotatable bonds is 2. The fourth-order valence-corrected chi connectivity index (χ4v) is 1.59. The number of hydrogen-bond acceptors (Lipinski definition) is 2. The second kappa shape index (κ2) is 3.53. The number of alkyl halides is 1. The van der Waals surface area contributed by atoms with Gasteiger partial charge in [-0.15, -0.1) is 0 Å². The van der Waals surface area contributed by atoms with E-state index in [0.29, 0.717) is 16.5 Å². The fourth-order valence-electron chi connectivity index (χ4n) is 1.26. The van der Waals surface area contributed by atoms with Crippen molar-refractivity contribution >= 4 is 32.7 Å². The third-order valence-electron chi connectivity index (χ3n) is 1.93. The first-order chi connectivity index (χ1) is 6.70. The highest BCUT2D eigenvalue weighted by Gasteiger charge is 2.07. The summed E-state index contributed by atoms with van der Waals surface area (Å²) in [4.78, 5) is 11.3. The molecule has 0 unspecified atom stereocenters. The molecule has 1 aromatic heterocycles. The predicted molar refractivity (Wildman–Crippen MR) is 54.3 cm³/mol. The van der Waals surface area contributed by atoms with E-state index in [1.165, 1.54) is 6.07 Å².